The zero-order valence-electron chi connectivity index (χ0n) is 15.7. The van der Waals surface area contributed by atoms with Crippen molar-refractivity contribution in [2.24, 2.45) is 17.6 Å². The van der Waals surface area contributed by atoms with E-state index in [-0.39, 0.29) is 23.6 Å². The van der Waals surface area contributed by atoms with Crippen LogP contribution in [0.4, 0.5) is 11.4 Å². The summed E-state index contributed by atoms with van der Waals surface area (Å²) in [6.07, 6.45) is 0.921. The molecule has 0 heterocycles. The quantitative estimate of drug-likeness (QED) is 0.590. The number of carbonyl (C=O) groups is 3. The van der Waals surface area contributed by atoms with Gasteiger partial charge in [-0.15, -0.1) is 0 Å². The number of nitrogens with two attached hydrogens (primary N) is 1. The van der Waals surface area contributed by atoms with E-state index in [0.29, 0.717) is 41.5 Å². The molecule has 1 fully saturated rings. The van der Waals surface area contributed by atoms with Crippen LogP contribution < -0.4 is 21.7 Å². The van der Waals surface area contributed by atoms with Crippen LogP contribution >= 0.6 is 0 Å². The normalized spacial score (nSPS) is 17.5. The van der Waals surface area contributed by atoms with Crippen molar-refractivity contribution in [3.63, 3.8) is 0 Å². The van der Waals surface area contributed by atoms with Gasteiger partial charge in [-0.25, -0.2) is 0 Å². The molecule has 0 spiro atoms. The lowest BCUT2D eigenvalue weighted by Gasteiger charge is -2.11. The maximum atomic E-state index is 12.5. The summed E-state index contributed by atoms with van der Waals surface area (Å²) in [5.41, 5.74) is 7.27. The Hall–Kier alpha value is -3.19. The van der Waals surface area contributed by atoms with Crippen LogP contribution in [-0.4, -0.2) is 30.8 Å². The van der Waals surface area contributed by atoms with E-state index < -0.39 is 0 Å². The topological polar surface area (TPSA) is 113 Å². The molecule has 0 saturated heterocycles. The highest BCUT2D eigenvalue weighted by Crippen LogP contribution is 2.38. The van der Waals surface area contributed by atoms with Crippen LogP contribution in [0.1, 0.15) is 34.1 Å². The number of carbonyl (C=O) groups excluding carboxylic acids is 3. The van der Waals surface area contributed by atoms with Crippen LogP contribution in [-0.2, 0) is 4.79 Å². The van der Waals surface area contributed by atoms with E-state index in [1.54, 1.807) is 48.5 Å². The summed E-state index contributed by atoms with van der Waals surface area (Å²) in [7, 11) is 0. The standard InChI is InChI=1S/C21H24N4O3/c1-13-12-17(13)21(28)24-15-8-6-14(7-9-15)19(26)25-18-5-3-2-4-16(18)20(27)23-11-10-22/h2-9,13,17H,10-12,22H2,1H3,(H,23,27)(H,24,28)(H,25,26). The van der Waals surface area contributed by atoms with E-state index in [0.717, 1.165) is 6.42 Å². The third-order valence-corrected chi connectivity index (χ3v) is 4.71. The Labute approximate surface area is 163 Å². The zero-order chi connectivity index (χ0) is 20.1. The van der Waals surface area contributed by atoms with Crippen molar-refractivity contribution in [3.05, 3.63) is 59.7 Å². The SMILES string of the molecule is CC1CC1C(=O)Nc1ccc(C(=O)Nc2ccccc2C(=O)NCCN)cc1. The molecule has 1 saturated carbocycles. The first-order chi connectivity index (χ1) is 13.5. The Morgan fingerprint density at radius 3 is 2.32 bits per heavy atom. The van der Waals surface area contributed by atoms with Crippen LogP contribution in [0.15, 0.2) is 48.5 Å². The van der Waals surface area contributed by atoms with Gasteiger partial charge in [-0.1, -0.05) is 19.1 Å². The number of rotatable bonds is 7. The highest BCUT2D eigenvalue weighted by molar-refractivity contribution is 6.09. The van der Waals surface area contributed by atoms with Gasteiger partial charge >= 0.3 is 0 Å². The fourth-order valence-electron chi connectivity index (χ4n) is 2.89. The molecule has 3 rings (SSSR count). The number of hydrogen-bond donors (Lipinski definition) is 4. The number of hydrogen-bond acceptors (Lipinski definition) is 4. The zero-order valence-corrected chi connectivity index (χ0v) is 15.7. The first kappa shape index (κ1) is 19.6. The first-order valence-corrected chi connectivity index (χ1v) is 9.29. The lowest BCUT2D eigenvalue weighted by atomic mass is 10.1. The second kappa shape index (κ2) is 8.67. The number of amides is 3. The molecule has 5 N–H and O–H groups in total. The van der Waals surface area contributed by atoms with Crippen molar-refractivity contribution in [1.29, 1.82) is 0 Å². The summed E-state index contributed by atoms with van der Waals surface area (Å²) in [5, 5.41) is 8.31. The second-order valence-corrected chi connectivity index (χ2v) is 6.93. The van der Waals surface area contributed by atoms with E-state index in [9.17, 15) is 14.4 Å². The Morgan fingerprint density at radius 1 is 1.00 bits per heavy atom. The number of para-hydroxylation sites is 1. The molecule has 0 aliphatic heterocycles. The Kier molecular flexibility index (Phi) is 6.06. The van der Waals surface area contributed by atoms with Gasteiger partial charge in [-0.2, -0.15) is 0 Å². The van der Waals surface area contributed by atoms with Crippen LogP contribution in [0.5, 0.6) is 0 Å². The Bertz CT molecular complexity index is 879. The highest BCUT2D eigenvalue weighted by atomic mass is 16.2. The Morgan fingerprint density at radius 2 is 1.68 bits per heavy atom. The van der Waals surface area contributed by atoms with Gasteiger partial charge in [0.25, 0.3) is 11.8 Å². The van der Waals surface area contributed by atoms with Crippen molar-refractivity contribution in [2.45, 2.75) is 13.3 Å². The lowest BCUT2D eigenvalue weighted by molar-refractivity contribution is -0.117. The fraction of sp³-hybridized carbons (Fsp3) is 0.286. The second-order valence-electron chi connectivity index (χ2n) is 6.93. The summed E-state index contributed by atoms with van der Waals surface area (Å²) in [5.74, 6) is -0.0966. The van der Waals surface area contributed by atoms with E-state index in [2.05, 4.69) is 16.0 Å². The first-order valence-electron chi connectivity index (χ1n) is 9.29. The minimum absolute atomic E-state index is 0.0159. The lowest BCUT2D eigenvalue weighted by Crippen LogP contribution is -2.30. The number of anilines is 2. The summed E-state index contributed by atoms with van der Waals surface area (Å²) in [4.78, 5) is 36.7. The molecule has 1 aliphatic rings. The van der Waals surface area contributed by atoms with Gasteiger partial charge in [-0.3, -0.25) is 14.4 Å². The minimum Gasteiger partial charge on any atom is -0.351 e. The predicted molar refractivity (Wildman–Crippen MR) is 108 cm³/mol. The summed E-state index contributed by atoms with van der Waals surface area (Å²) in [6.45, 7) is 2.74. The maximum absolute atomic E-state index is 12.5. The molecule has 2 aromatic carbocycles. The molecule has 7 heteroatoms. The molecule has 7 nitrogen and oxygen atoms in total. The van der Waals surface area contributed by atoms with E-state index in [4.69, 9.17) is 5.73 Å². The van der Waals surface area contributed by atoms with Gasteiger partial charge in [0.05, 0.1) is 11.3 Å². The third-order valence-electron chi connectivity index (χ3n) is 4.71. The molecule has 2 unspecified atom stereocenters. The van der Waals surface area contributed by atoms with Crippen LogP contribution in [0.2, 0.25) is 0 Å². The fourth-order valence-corrected chi connectivity index (χ4v) is 2.89. The molecule has 28 heavy (non-hydrogen) atoms. The monoisotopic (exact) mass is 380 g/mol. The average Bonchev–Trinajstić information content (AvgIpc) is 3.44. The Balaban J connectivity index is 1.65. The average molecular weight is 380 g/mol. The molecule has 3 amide bonds. The smallest absolute Gasteiger partial charge is 0.255 e. The predicted octanol–water partition coefficient (Wildman–Crippen LogP) is 2.22. The molecule has 0 aromatic heterocycles. The van der Waals surface area contributed by atoms with Crippen molar-refractivity contribution in [3.8, 4) is 0 Å². The minimum atomic E-state index is -0.340. The summed E-state index contributed by atoms with van der Waals surface area (Å²) < 4.78 is 0. The van der Waals surface area contributed by atoms with Crippen LogP contribution in [0, 0.1) is 11.8 Å². The molecule has 1 aliphatic carbocycles. The van der Waals surface area contributed by atoms with Crippen molar-refractivity contribution < 1.29 is 14.4 Å². The van der Waals surface area contributed by atoms with Gasteiger partial charge in [0.1, 0.15) is 0 Å². The molecule has 0 radical (unpaired) electrons. The van der Waals surface area contributed by atoms with Gasteiger partial charge in [0.2, 0.25) is 5.91 Å². The van der Waals surface area contributed by atoms with Gasteiger partial charge in [-0.05, 0) is 48.7 Å². The van der Waals surface area contributed by atoms with Crippen LogP contribution in [0.25, 0.3) is 0 Å². The van der Waals surface area contributed by atoms with Crippen molar-refractivity contribution in [1.82, 2.24) is 5.32 Å². The molecule has 0 bridgehead atoms. The van der Waals surface area contributed by atoms with E-state index in [1.165, 1.54) is 0 Å². The maximum Gasteiger partial charge on any atom is 0.255 e. The van der Waals surface area contributed by atoms with Crippen molar-refractivity contribution in [2.75, 3.05) is 23.7 Å². The molecular formula is C21H24N4O3. The molecule has 2 atom stereocenters. The van der Waals surface area contributed by atoms with Crippen molar-refractivity contribution >= 4 is 29.1 Å². The van der Waals surface area contributed by atoms with E-state index in [1.807, 2.05) is 6.92 Å². The molecule has 146 valence electrons. The van der Waals surface area contributed by atoms with E-state index >= 15 is 0 Å². The number of benzene rings is 2. The molecular weight excluding hydrogens is 356 g/mol. The number of nitrogens with one attached hydrogen (secondary N) is 3. The highest BCUT2D eigenvalue weighted by Gasteiger charge is 2.39. The molecule has 2 aromatic rings. The largest absolute Gasteiger partial charge is 0.351 e. The summed E-state index contributed by atoms with van der Waals surface area (Å²) >= 11 is 0. The van der Waals surface area contributed by atoms with Gasteiger partial charge in [0.15, 0.2) is 0 Å². The third kappa shape index (κ3) is 4.75. The van der Waals surface area contributed by atoms with Gasteiger partial charge < -0.3 is 21.7 Å². The summed E-state index contributed by atoms with van der Waals surface area (Å²) in [6, 6.07) is 13.4. The van der Waals surface area contributed by atoms with Gasteiger partial charge in [0, 0.05) is 30.3 Å². The van der Waals surface area contributed by atoms with Crippen LogP contribution in [0.3, 0.4) is 0 Å².